The van der Waals surface area contributed by atoms with E-state index in [-0.39, 0.29) is 23.0 Å². The fraction of sp³-hybridized carbons (Fsp3) is 0.533. The first kappa shape index (κ1) is 13.7. The Balaban J connectivity index is 2.33. The standard InChI is InChI=1S/C15H21NO3/c1-15(2,3)13-9-16(14(18)19)8-12(13)10-5-4-6-11(17)7-10/h4-7,12-13,17H,8-9H2,1-3H3,(H,18,19)/t12-,13-/m1/s1. The maximum atomic E-state index is 11.2. The van der Waals surface area contributed by atoms with Crippen molar-refractivity contribution < 1.29 is 15.0 Å². The maximum Gasteiger partial charge on any atom is 0.407 e. The van der Waals surface area contributed by atoms with Crippen molar-refractivity contribution in [2.24, 2.45) is 11.3 Å². The number of carbonyl (C=O) groups is 1. The van der Waals surface area contributed by atoms with Gasteiger partial charge in [-0.1, -0.05) is 32.9 Å². The van der Waals surface area contributed by atoms with E-state index in [2.05, 4.69) is 20.8 Å². The monoisotopic (exact) mass is 263 g/mol. The van der Waals surface area contributed by atoms with Gasteiger partial charge in [0.2, 0.25) is 0 Å². The van der Waals surface area contributed by atoms with E-state index < -0.39 is 6.09 Å². The Labute approximate surface area is 113 Å². The molecule has 1 aromatic carbocycles. The molecule has 0 aromatic heterocycles. The largest absolute Gasteiger partial charge is 0.508 e. The van der Waals surface area contributed by atoms with Gasteiger partial charge in [-0.15, -0.1) is 0 Å². The smallest absolute Gasteiger partial charge is 0.407 e. The SMILES string of the molecule is CC(C)(C)[C@@H]1CN(C(=O)O)C[C@@H]1c1cccc(O)c1. The van der Waals surface area contributed by atoms with Gasteiger partial charge in [-0.05, 0) is 29.0 Å². The molecule has 0 bridgehead atoms. The summed E-state index contributed by atoms with van der Waals surface area (Å²) in [4.78, 5) is 12.7. The van der Waals surface area contributed by atoms with Crippen LogP contribution in [-0.4, -0.2) is 34.3 Å². The summed E-state index contributed by atoms with van der Waals surface area (Å²) in [7, 11) is 0. The molecule has 4 heteroatoms. The number of hydrogen-bond acceptors (Lipinski definition) is 2. The van der Waals surface area contributed by atoms with Crippen molar-refractivity contribution in [1.29, 1.82) is 0 Å². The second-order valence-corrected chi connectivity index (χ2v) is 6.36. The first-order valence-corrected chi connectivity index (χ1v) is 6.56. The molecule has 1 heterocycles. The number of amides is 1. The summed E-state index contributed by atoms with van der Waals surface area (Å²) in [5.74, 6) is 0.632. The van der Waals surface area contributed by atoms with Crippen molar-refractivity contribution in [3.63, 3.8) is 0 Å². The third-order valence-corrected chi connectivity index (χ3v) is 4.00. The van der Waals surface area contributed by atoms with E-state index in [1.165, 1.54) is 4.90 Å². The van der Waals surface area contributed by atoms with Gasteiger partial charge in [-0.2, -0.15) is 0 Å². The average Bonchev–Trinajstić information content (AvgIpc) is 2.73. The van der Waals surface area contributed by atoms with E-state index >= 15 is 0 Å². The fourth-order valence-electron chi connectivity index (χ4n) is 2.93. The molecule has 0 aliphatic carbocycles. The summed E-state index contributed by atoms with van der Waals surface area (Å²) >= 11 is 0. The van der Waals surface area contributed by atoms with Crippen LogP contribution in [0, 0.1) is 11.3 Å². The predicted molar refractivity (Wildman–Crippen MR) is 73.4 cm³/mol. The van der Waals surface area contributed by atoms with Crippen LogP contribution in [0.25, 0.3) is 0 Å². The van der Waals surface area contributed by atoms with E-state index in [0.29, 0.717) is 13.1 Å². The van der Waals surface area contributed by atoms with Crippen molar-refractivity contribution in [3.05, 3.63) is 29.8 Å². The van der Waals surface area contributed by atoms with Gasteiger partial charge < -0.3 is 15.1 Å². The van der Waals surface area contributed by atoms with E-state index in [1.807, 2.05) is 12.1 Å². The van der Waals surface area contributed by atoms with Gasteiger partial charge in [0, 0.05) is 19.0 Å². The summed E-state index contributed by atoms with van der Waals surface area (Å²) in [5.41, 5.74) is 1.05. The Hall–Kier alpha value is -1.71. The highest BCUT2D eigenvalue weighted by Crippen LogP contribution is 2.43. The number of rotatable bonds is 1. The summed E-state index contributed by atoms with van der Waals surface area (Å²) in [6, 6.07) is 7.16. The molecule has 1 aromatic rings. The second kappa shape index (κ2) is 4.76. The van der Waals surface area contributed by atoms with E-state index in [1.54, 1.807) is 12.1 Å². The van der Waals surface area contributed by atoms with Gasteiger partial charge in [-0.25, -0.2) is 4.79 Å². The van der Waals surface area contributed by atoms with Crippen molar-refractivity contribution in [2.75, 3.05) is 13.1 Å². The molecule has 0 radical (unpaired) electrons. The van der Waals surface area contributed by atoms with Gasteiger partial charge in [0.25, 0.3) is 0 Å². The lowest BCUT2D eigenvalue weighted by molar-refractivity contribution is 0.149. The maximum absolute atomic E-state index is 11.2. The Morgan fingerprint density at radius 2 is 2.00 bits per heavy atom. The average molecular weight is 263 g/mol. The minimum Gasteiger partial charge on any atom is -0.508 e. The zero-order chi connectivity index (χ0) is 14.2. The molecular weight excluding hydrogens is 242 g/mol. The van der Waals surface area contributed by atoms with Crippen LogP contribution in [0.3, 0.4) is 0 Å². The van der Waals surface area contributed by atoms with Crippen molar-refractivity contribution in [2.45, 2.75) is 26.7 Å². The number of likely N-dealkylation sites (tertiary alicyclic amines) is 1. The van der Waals surface area contributed by atoms with Crippen LogP contribution in [0.2, 0.25) is 0 Å². The highest BCUT2D eigenvalue weighted by Gasteiger charge is 2.42. The van der Waals surface area contributed by atoms with Crippen molar-refractivity contribution in [3.8, 4) is 5.75 Å². The highest BCUT2D eigenvalue weighted by atomic mass is 16.4. The third kappa shape index (κ3) is 2.83. The normalized spacial score (nSPS) is 23.6. The van der Waals surface area contributed by atoms with Gasteiger partial charge in [0.05, 0.1) is 0 Å². The molecule has 104 valence electrons. The second-order valence-electron chi connectivity index (χ2n) is 6.36. The van der Waals surface area contributed by atoms with Crippen LogP contribution in [0.5, 0.6) is 5.75 Å². The third-order valence-electron chi connectivity index (χ3n) is 4.00. The highest BCUT2D eigenvalue weighted by molar-refractivity contribution is 5.65. The van der Waals surface area contributed by atoms with Crippen molar-refractivity contribution >= 4 is 6.09 Å². The molecule has 1 aliphatic rings. The molecule has 1 aliphatic heterocycles. The number of carboxylic acid groups (broad SMARTS) is 1. The Morgan fingerprint density at radius 3 is 2.53 bits per heavy atom. The van der Waals surface area contributed by atoms with Gasteiger partial charge >= 0.3 is 6.09 Å². The molecule has 0 spiro atoms. The molecule has 4 nitrogen and oxygen atoms in total. The molecule has 2 atom stereocenters. The van der Waals surface area contributed by atoms with E-state index in [0.717, 1.165) is 5.56 Å². The first-order valence-electron chi connectivity index (χ1n) is 6.56. The molecule has 0 unspecified atom stereocenters. The summed E-state index contributed by atoms with van der Waals surface area (Å²) < 4.78 is 0. The summed E-state index contributed by atoms with van der Waals surface area (Å²) in [5, 5.41) is 18.8. The molecule has 0 saturated carbocycles. The predicted octanol–water partition coefficient (Wildman–Crippen LogP) is 3.13. The van der Waals surface area contributed by atoms with E-state index in [4.69, 9.17) is 0 Å². The number of phenols is 1. The number of benzene rings is 1. The minimum atomic E-state index is -0.864. The molecule has 1 amide bonds. The van der Waals surface area contributed by atoms with Crippen LogP contribution in [0.15, 0.2) is 24.3 Å². The lowest BCUT2D eigenvalue weighted by Gasteiger charge is -2.31. The Morgan fingerprint density at radius 1 is 1.32 bits per heavy atom. The lowest BCUT2D eigenvalue weighted by Crippen LogP contribution is -2.30. The van der Waals surface area contributed by atoms with Crippen LogP contribution in [0.4, 0.5) is 4.79 Å². The van der Waals surface area contributed by atoms with Crippen molar-refractivity contribution in [1.82, 2.24) is 4.90 Å². The van der Waals surface area contributed by atoms with Crippen LogP contribution < -0.4 is 0 Å². The molecule has 2 rings (SSSR count). The zero-order valence-electron chi connectivity index (χ0n) is 11.6. The van der Waals surface area contributed by atoms with E-state index in [9.17, 15) is 15.0 Å². The number of phenolic OH excluding ortho intramolecular Hbond substituents is 1. The molecule has 1 fully saturated rings. The molecule has 19 heavy (non-hydrogen) atoms. The van der Waals surface area contributed by atoms with Crippen LogP contribution in [-0.2, 0) is 0 Å². The first-order chi connectivity index (χ1) is 8.79. The quantitative estimate of drug-likeness (QED) is 0.818. The topological polar surface area (TPSA) is 60.8 Å². The summed E-state index contributed by atoms with van der Waals surface area (Å²) in [6.07, 6.45) is -0.864. The van der Waals surface area contributed by atoms with Gasteiger partial charge in [0.15, 0.2) is 0 Å². The fourth-order valence-corrected chi connectivity index (χ4v) is 2.93. The lowest BCUT2D eigenvalue weighted by atomic mass is 9.73. The molecule has 1 saturated heterocycles. The van der Waals surface area contributed by atoms with Gasteiger partial charge in [-0.3, -0.25) is 0 Å². The number of nitrogens with zero attached hydrogens (tertiary/aromatic N) is 1. The van der Waals surface area contributed by atoms with Crippen LogP contribution >= 0.6 is 0 Å². The Kier molecular flexibility index (Phi) is 3.43. The molecule has 2 N–H and O–H groups in total. The van der Waals surface area contributed by atoms with Gasteiger partial charge in [0.1, 0.15) is 5.75 Å². The summed E-state index contributed by atoms with van der Waals surface area (Å²) in [6.45, 7) is 7.47. The number of aromatic hydroxyl groups is 1. The Bertz CT molecular complexity index is 479. The molecular formula is C15H21NO3. The van der Waals surface area contributed by atoms with Crippen LogP contribution in [0.1, 0.15) is 32.3 Å². The zero-order valence-corrected chi connectivity index (χ0v) is 11.6. The minimum absolute atomic E-state index is 0.0281. The number of hydrogen-bond donors (Lipinski definition) is 2.